The zero-order chi connectivity index (χ0) is 22.0. The van der Waals surface area contributed by atoms with E-state index in [-0.39, 0.29) is 15.9 Å². The first-order valence-electron chi connectivity index (χ1n) is 8.11. The van der Waals surface area contributed by atoms with E-state index in [4.69, 9.17) is 34.3 Å². The first kappa shape index (κ1) is 23.0. The summed E-state index contributed by atoms with van der Waals surface area (Å²) in [5, 5.41) is 4.11. The first-order chi connectivity index (χ1) is 14.4. The number of rotatable bonds is 4. The molecule has 1 aromatic heterocycles. The number of aromatic nitrogens is 1. The summed E-state index contributed by atoms with van der Waals surface area (Å²) < 4.78 is 12.8. The summed E-state index contributed by atoms with van der Waals surface area (Å²) in [6.07, 6.45) is 0. The first-order valence-corrected chi connectivity index (χ1v) is 10.5. The number of carbonyl (C=O) groups excluding carboxylic acids is 1. The van der Waals surface area contributed by atoms with E-state index in [1.807, 2.05) is 12.1 Å². The lowest BCUT2D eigenvalue weighted by Crippen LogP contribution is -2.13. The average molecular weight is 460 g/mol. The Morgan fingerprint density at radius 2 is 1.33 bits per heavy atom. The minimum Gasteiger partial charge on any atom is -0.307 e. The molecule has 0 aliphatic heterocycles. The maximum absolute atomic E-state index is 12.8. The SMILES string of the molecule is [N-]=[N+]=NC(=O)c1cc(Cl)nc(Cl)c1.[N-]=[N+]=NP(=O)(c1ccccc1)c1ccccc1. The van der Waals surface area contributed by atoms with Crippen LogP contribution in [-0.2, 0) is 4.57 Å². The molecule has 3 rings (SSSR count). The molecule has 9 nitrogen and oxygen atoms in total. The van der Waals surface area contributed by atoms with Gasteiger partial charge in [0.2, 0.25) is 13.2 Å². The molecule has 1 heterocycles. The van der Waals surface area contributed by atoms with Crippen LogP contribution in [0.5, 0.6) is 0 Å². The fraction of sp³-hybridized carbons (Fsp3) is 0. The summed E-state index contributed by atoms with van der Waals surface area (Å²) in [5.74, 6) is -0.742. The van der Waals surface area contributed by atoms with Gasteiger partial charge in [0.1, 0.15) is 10.3 Å². The molecule has 1 amide bonds. The molecule has 0 saturated heterocycles. The van der Waals surface area contributed by atoms with Gasteiger partial charge in [-0.1, -0.05) is 83.9 Å². The number of carbonyl (C=O) groups is 1. The van der Waals surface area contributed by atoms with Crippen LogP contribution in [0.25, 0.3) is 20.9 Å². The van der Waals surface area contributed by atoms with E-state index in [1.165, 1.54) is 12.1 Å². The standard InChI is InChI=1S/C12H10N3OP.C6H2Cl2N4O/c13-14-15-17(16,11-7-3-1-4-8-11)12-9-5-2-6-10-12;7-4-1-3(2-5(8)10-4)6(13)11-12-9/h1-10H;1-2H. The molecule has 0 spiro atoms. The molecular weight excluding hydrogens is 448 g/mol. The van der Waals surface area contributed by atoms with Gasteiger partial charge in [0, 0.05) is 26.0 Å². The highest BCUT2D eigenvalue weighted by molar-refractivity contribution is 7.77. The Labute approximate surface area is 181 Å². The van der Waals surface area contributed by atoms with E-state index in [1.54, 1.807) is 48.5 Å². The third-order valence-electron chi connectivity index (χ3n) is 3.52. The van der Waals surface area contributed by atoms with Crippen LogP contribution >= 0.6 is 30.5 Å². The van der Waals surface area contributed by atoms with E-state index < -0.39 is 13.2 Å². The highest BCUT2D eigenvalue weighted by Crippen LogP contribution is 2.44. The molecule has 0 bridgehead atoms. The third-order valence-corrected chi connectivity index (χ3v) is 6.24. The summed E-state index contributed by atoms with van der Waals surface area (Å²) in [6, 6.07) is 20.1. The van der Waals surface area contributed by atoms with E-state index in [0.29, 0.717) is 10.6 Å². The molecule has 0 fully saturated rings. The quantitative estimate of drug-likeness (QED) is 0.153. The number of halogens is 2. The lowest BCUT2D eigenvalue weighted by molar-refractivity contribution is 0.1000. The summed E-state index contributed by atoms with van der Waals surface area (Å²) in [6.45, 7) is 0. The van der Waals surface area contributed by atoms with Gasteiger partial charge in [-0.25, -0.2) is 4.98 Å². The summed E-state index contributed by atoms with van der Waals surface area (Å²) in [7, 11) is -3.22. The molecule has 12 heteroatoms. The highest BCUT2D eigenvalue weighted by Gasteiger charge is 2.25. The second-order valence-corrected chi connectivity index (χ2v) is 8.56. The van der Waals surface area contributed by atoms with Crippen molar-refractivity contribution in [3.8, 4) is 0 Å². The van der Waals surface area contributed by atoms with Crippen molar-refractivity contribution >= 4 is 47.0 Å². The fourth-order valence-corrected chi connectivity index (χ4v) is 4.49. The predicted octanol–water partition coefficient (Wildman–Crippen LogP) is 6.06. The van der Waals surface area contributed by atoms with Crippen molar-refractivity contribution in [3.05, 3.63) is 110 Å². The van der Waals surface area contributed by atoms with Crippen LogP contribution in [0.3, 0.4) is 0 Å². The molecule has 0 aliphatic carbocycles. The zero-order valence-corrected chi connectivity index (χ0v) is 17.5. The van der Waals surface area contributed by atoms with Crippen molar-refractivity contribution in [1.82, 2.24) is 4.98 Å². The monoisotopic (exact) mass is 459 g/mol. The maximum atomic E-state index is 12.8. The van der Waals surface area contributed by atoms with Gasteiger partial charge in [0.15, 0.2) is 0 Å². The summed E-state index contributed by atoms with van der Waals surface area (Å²) >= 11 is 11.0. The van der Waals surface area contributed by atoms with Gasteiger partial charge in [-0.15, -0.1) is 0 Å². The lowest BCUT2D eigenvalue weighted by Gasteiger charge is -2.12. The van der Waals surface area contributed by atoms with Gasteiger partial charge in [0.25, 0.3) is 0 Å². The van der Waals surface area contributed by atoms with E-state index in [0.717, 1.165) is 0 Å². The van der Waals surface area contributed by atoms with Crippen LogP contribution in [0.15, 0.2) is 82.8 Å². The van der Waals surface area contributed by atoms with Crippen molar-refractivity contribution in [2.45, 2.75) is 0 Å². The van der Waals surface area contributed by atoms with Crippen LogP contribution in [0.4, 0.5) is 0 Å². The van der Waals surface area contributed by atoms with Crippen LogP contribution in [0.2, 0.25) is 10.3 Å². The Hall–Kier alpha value is -3.31. The Morgan fingerprint density at radius 1 is 0.867 bits per heavy atom. The highest BCUT2D eigenvalue weighted by atomic mass is 35.5. The molecule has 0 saturated carbocycles. The minimum absolute atomic E-state index is 0.0731. The second kappa shape index (κ2) is 11.0. The van der Waals surface area contributed by atoms with Gasteiger partial charge < -0.3 is 4.57 Å². The maximum Gasteiger partial charge on any atom is 0.249 e. The Morgan fingerprint density at radius 3 is 1.73 bits per heavy atom. The van der Waals surface area contributed by atoms with E-state index >= 15 is 0 Å². The van der Waals surface area contributed by atoms with Crippen LogP contribution in [0, 0.1) is 0 Å². The molecular formula is C18H12Cl2N7O2P. The molecule has 2 aromatic carbocycles. The van der Waals surface area contributed by atoms with Gasteiger partial charge >= 0.3 is 0 Å². The summed E-state index contributed by atoms with van der Waals surface area (Å²) in [5.41, 5.74) is 16.7. The van der Waals surface area contributed by atoms with E-state index in [9.17, 15) is 9.36 Å². The van der Waals surface area contributed by atoms with Gasteiger partial charge in [-0.2, -0.15) is 0 Å². The Kier molecular flexibility index (Phi) is 8.44. The molecule has 30 heavy (non-hydrogen) atoms. The zero-order valence-electron chi connectivity index (χ0n) is 15.1. The average Bonchev–Trinajstić information content (AvgIpc) is 2.75. The largest absolute Gasteiger partial charge is 0.307 e. The Bertz CT molecular complexity index is 1120. The predicted molar refractivity (Wildman–Crippen MR) is 117 cm³/mol. The number of nitrogens with zero attached hydrogens (tertiary/aromatic N) is 7. The minimum atomic E-state index is -3.22. The second-order valence-electron chi connectivity index (χ2n) is 5.42. The molecule has 0 atom stereocenters. The molecule has 150 valence electrons. The number of pyridine rings is 1. The number of amides is 1. The van der Waals surface area contributed by atoms with Gasteiger partial charge in [-0.3, -0.25) is 4.79 Å². The number of benzene rings is 2. The molecule has 0 unspecified atom stereocenters. The van der Waals surface area contributed by atoms with Crippen molar-refractivity contribution in [3.63, 3.8) is 0 Å². The smallest absolute Gasteiger partial charge is 0.249 e. The van der Waals surface area contributed by atoms with Crippen molar-refractivity contribution in [1.29, 1.82) is 0 Å². The molecule has 0 N–H and O–H groups in total. The number of hydrogen-bond acceptors (Lipinski definition) is 3. The topological polar surface area (TPSA) is 145 Å². The Balaban J connectivity index is 0.000000222. The fourth-order valence-electron chi connectivity index (χ4n) is 2.26. The lowest BCUT2D eigenvalue weighted by atomic mass is 10.3. The molecule has 0 aliphatic rings. The van der Waals surface area contributed by atoms with Crippen molar-refractivity contribution in [2.75, 3.05) is 0 Å². The molecule has 3 aromatic rings. The van der Waals surface area contributed by atoms with Gasteiger partial charge in [0.05, 0.1) is 0 Å². The van der Waals surface area contributed by atoms with Gasteiger partial charge in [-0.05, 0) is 33.2 Å². The van der Waals surface area contributed by atoms with Crippen molar-refractivity contribution < 1.29 is 9.36 Å². The summed E-state index contributed by atoms with van der Waals surface area (Å²) in [4.78, 5) is 23.2. The van der Waals surface area contributed by atoms with Crippen LogP contribution in [0.1, 0.15) is 10.4 Å². The number of hydrogen-bond donors (Lipinski definition) is 0. The third kappa shape index (κ3) is 6.09. The van der Waals surface area contributed by atoms with Crippen LogP contribution in [-0.4, -0.2) is 10.9 Å². The van der Waals surface area contributed by atoms with E-state index in [2.05, 4.69) is 24.8 Å². The van der Waals surface area contributed by atoms with Crippen molar-refractivity contribution in [2.24, 2.45) is 10.00 Å². The normalized spacial score (nSPS) is 9.93. The molecule has 0 radical (unpaired) electrons. The van der Waals surface area contributed by atoms with Crippen LogP contribution < -0.4 is 10.6 Å². The number of azide groups is 2.